The van der Waals surface area contributed by atoms with Crippen LogP contribution in [0.15, 0.2) is 0 Å². The summed E-state index contributed by atoms with van der Waals surface area (Å²) in [7, 11) is 0. The third-order valence-corrected chi connectivity index (χ3v) is 3.79. The minimum atomic E-state index is -0.188. The molecule has 14 heavy (non-hydrogen) atoms. The van der Waals surface area contributed by atoms with E-state index in [9.17, 15) is 4.79 Å². The number of hydrogen-bond donors (Lipinski definition) is 1. The maximum atomic E-state index is 11.5. The maximum absolute atomic E-state index is 11.5. The van der Waals surface area contributed by atoms with Crippen molar-refractivity contribution in [2.24, 2.45) is 5.92 Å². The first-order chi connectivity index (χ1) is 6.50. The van der Waals surface area contributed by atoms with Gasteiger partial charge in [-0.2, -0.15) is 4.37 Å². The highest BCUT2D eigenvalue weighted by Gasteiger charge is 2.19. The topological polar surface area (TPSA) is 54.9 Å². The van der Waals surface area contributed by atoms with Crippen molar-refractivity contribution in [2.45, 2.75) is 25.6 Å². The van der Waals surface area contributed by atoms with E-state index in [0.29, 0.717) is 11.0 Å². The van der Waals surface area contributed by atoms with Gasteiger partial charge in [-0.05, 0) is 12.8 Å². The Morgan fingerprint density at radius 1 is 1.57 bits per heavy atom. The number of rotatable bonds is 3. The molecular formula is C8H12BrN3OS. The number of anilines is 1. The average Bonchev–Trinajstić information content (AvgIpc) is 2.49. The summed E-state index contributed by atoms with van der Waals surface area (Å²) in [5.74, 6) is 0.862. The van der Waals surface area contributed by atoms with Gasteiger partial charge in [0.05, 0.1) is 4.83 Å². The number of alkyl halides is 1. The van der Waals surface area contributed by atoms with Crippen molar-refractivity contribution in [3.8, 4) is 0 Å². The number of hydrogen-bond acceptors (Lipinski definition) is 4. The molecule has 1 unspecified atom stereocenters. The average molecular weight is 278 g/mol. The van der Waals surface area contributed by atoms with Crippen LogP contribution in [0.5, 0.6) is 0 Å². The summed E-state index contributed by atoms with van der Waals surface area (Å²) in [6, 6.07) is 0. The van der Waals surface area contributed by atoms with Gasteiger partial charge >= 0.3 is 0 Å². The van der Waals surface area contributed by atoms with Crippen LogP contribution in [0, 0.1) is 12.8 Å². The van der Waals surface area contributed by atoms with Gasteiger partial charge in [-0.3, -0.25) is 10.1 Å². The van der Waals surface area contributed by atoms with Crippen molar-refractivity contribution in [1.29, 1.82) is 0 Å². The van der Waals surface area contributed by atoms with Gasteiger partial charge in [0.25, 0.3) is 0 Å². The zero-order valence-electron chi connectivity index (χ0n) is 8.24. The number of halogens is 1. The summed E-state index contributed by atoms with van der Waals surface area (Å²) in [6.07, 6.45) is 0. The first-order valence-electron chi connectivity index (χ1n) is 4.26. The Hall–Kier alpha value is -0.490. The number of nitrogens with one attached hydrogen (secondary N) is 1. The van der Waals surface area contributed by atoms with Crippen LogP contribution in [0.1, 0.15) is 19.7 Å². The molecule has 4 nitrogen and oxygen atoms in total. The van der Waals surface area contributed by atoms with Crippen molar-refractivity contribution in [3.63, 3.8) is 0 Å². The van der Waals surface area contributed by atoms with E-state index in [4.69, 9.17) is 0 Å². The highest BCUT2D eigenvalue weighted by Crippen LogP contribution is 2.16. The Morgan fingerprint density at radius 3 is 2.64 bits per heavy atom. The van der Waals surface area contributed by atoms with Crippen molar-refractivity contribution in [2.75, 3.05) is 5.32 Å². The molecular weight excluding hydrogens is 266 g/mol. The first-order valence-corrected chi connectivity index (χ1v) is 5.95. The van der Waals surface area contributed by atoms with E-state index >= 15 is 0 Å². The Balaban J connectivity index is 2.57. The SMILES string of the molecule is Cc1nsc(NC(=O)C(Br)C(C)C)n1. The van der Waals surface area contributed by atoms with Gasteiger partial charge in [0.15, 0.2) is 0 Å². The summed E-state index contributed by atoms with van der Waals surface area (Å²) in [5.41, 5.74) is 0. The molecule has 0 fully saturated rings. The van der Waals surface area contributed by atoms with E-state index in [0.717, 1.165) is 0 Å². The van der Waals surface area contributed by atoms with E-state index in [1.165, 1.54) is 11.5 Å². The fourth-order valence-electron chi connectivity index (χ4n) is 0.825. The quantitative estimate of drug-likeness (QED) is 0.862. The molecule has 0 aromatic carbocycles. The van der Waals surface area contributed by atoms with Gasteiger partial charge in [-0.15, -0.1) is 0 Å². The first kappa shape index (κ1) is 11.6. The predicted octanol–water partition coefficient (Wildman–Crippen LogP) is 2.20. The highest BCUT2D eigenvalue weighted by atomic mass is 79.9. The number of nitrogens with zero attached hydrogens (tertiary/aromatic N) is 2. The third kappa shape index (κ3) is 3.02. The molecule has 1 N–H and O–H groups in total. The van der Waals surface area contributed by atoms with E-state index in [2.05, 4.69) is 30.6 Å². The zero-order chi connectivity index (χ0) is 10.7. The highest BCUT2D eigenvalue weighted by molar-refractivity contribution is 9.10. The van der Waals surface area contributed by atoms with Crippen LogP contribution in [-0.4, -0.2) is 20.1 Å². The van der Waals surface area contributed by atoms with Gasteiger partial charge in [-0.1, -0.05) is 29.8 Å². The van der Waals surface area contributed by atoms with Gasteiger partial charge < -0.3 is 0 Å². The van der Waals surface area contributed by atoms with Crippen molar-refractivity contribution < 1.29 is 4.79 Å². The Morgan fingerprint density at radius 2 is 2.21 bits per heavy atom. The fourth-order valence-corrected chi connectivity index (χ4v) is 1.52. The molecule has 1 heterocycles. The van der Waals surface area contributed by atoms with Gasteiger partial charge in [-0.25, -0.2) is 4.98 Å². The number of aromatic nitrogens is 2. The standard InChI is InChI=1S/C8H12BrN3OS/c1-4(2)6(9)7(13)11-8-10-5(3)12-14-8/h4,6H,1-3H3,(H,10,11,12,13). The van der Waals surface area contributed by atoms with Crippen LogP contribution in [0.4, 0.5) is 5.13 Å². The number of carbonyl (C=O) groups excluding carboxylic acids is 1. The molecule has 0 saturated carbocycles. The molecule has 1 amide bonds. The Bertz CT molecular complexity index is 326. The predicted molar refractivity (Wildman–Crippen MR) is 60.8 cm³/mol. The zero-order valence-corrected chi connectivity index (χ0v) is 10.6. The number of amides is 1. The van der Waals surface area contributed by atoms with Crippen LogP contribution in [0.25, 0.3) is 0 Å². The maximum Gasteiger partial charge on any atom is 0.240 e. The molecule has 78 valence electrons. The fraction of sp³-hybridized carbons (Fsp3) is 0.625. The minimum Gasteiger partial charge on any atom is -0.300 e. The van der Waals surface area contributed by atoms with Crippen LogP contribution < -0.4 is 5.32 Å². The van der Waals surface area contributed by atoms with Gasteiger partial charge in [0, 0.05) is 11.5 Å². The molecule has 0 saturated heterocycles. The second kappa shape index (κ2) is 4.84. The smallest absolute Gasteiger partial charge is 0.240 e. The summed E-state index contributed by atoms with van der Waals surface area (Å²) >= 11 is 4.51. The summed E-state index contributed by atoms with van der Waals surface area (Å²) in [4.78, 5) is 15.4. The van der Waals surface area contributed by atoms with Crippen LogP contribution in [-0.2, 0) is 4.79 Å². The Labute approximate surface area is 95.4 Å². The van der Waals surface area contributed by atoms with Crippen LogP contribution >= 0.6 is 27.5 Å². The lowest BCUT2D eigenvalue weighted by Crippen LogP contribution is -2.26. The van der Waals surface area contributed by atoms with Crippen molar-refractivity contribution in [1.82, 2.24) is 9.36 Å². The monoisotopic (exact) mass is 277 g/mol. The molecule has 6 heteroatoms. The Kier molecular flexibility index (Phi) is 4.00. The lowest BCUT2D eigenvalue weighted by molar-refractivity contribution is -0.116. The second-order valence-electron chi connectivity index (χ2n) is 3.28. The molecule has 0 bridgehead atoms. The van der Waals surface area contributed by atoms with Gasteiger partial charge in [0.2, 0.25) is 11.0 Å². The molecule has 1 aromatic rings. The summed E-state index contributed by atoms with van der Waals surface area (Å²) < 4.78 is 3.97. The molecule has 0 aliphatic rings. The van der Waals surface area contributed by atoms with Crippen molar-refractivity contribution >= 4 is 38.5 Å². The summed E-state index contributed by atoms with van der Waals surface area (Å²) in [6.45, 7) is 5.74. The van der Waals surface area contributed by atoms with Gasteiger partial charge in [0.1, 0.15) is 5.82 Å². The lowest BCUT2D eigenvalue weighted by Gasteiger charge is -2.11. The van der Waals surface area contributed by atoms with E-state index in [-0.39, 0.29) is 16.7 Å². The third-order valence-electron chi connectivity index (χ3n) is 1.59. The van der Waals surface area contributed by atoms with E-state index < -0.39 is 0 Å². The van der Waals surface area contributed by atoms with Crippen molar-refractivity contribution in [3.05, 3.63) is 5.82 Å². The number of aryl methyl sites for hydroxylation is 1. The molecule has 0 aliphatic heterocycles. The molecule has 0 radical (unpaired) electrons. The molecule has 1 aromatic heterocycles. The molecule has 0 spiro atoms. The van der Waals surface area contributed by atoms with E-state index in [1.54, 1.807) is 6.92 Å². The minimum absolute atomic E-state index is 0.0730. The normalized spacial score (nSPS) is 12.9. The van der Waals surface area contributed by atoms with Crippen LogP contribution in [0.3, 0.4) is 0 Å². The van der Waals surface area contributed by atoms with E-state index in [1.807, 2.05) is 13.8 Å². The van der Waals surface area contributed by atoms with Crippen LogP contribution in [0.2, 0.25) is 0 Å². The lowest BCUT2D eigenvalue weighted by atomic mass is 10.1. The number of carbonyl (C=O) groups is 1. The molecule has 1 atom stereocenters. The molecule has 1 rings (SSSR count). The molecule has 0 aliphatic carbocycles. The second-order valence-corrected chi connectivity index (χ2v) is 5.02. The largest absolute Gasteiger partial charge is 0.300 e. The summed E-state index contributed by atoms with van der Waals surface area (Å²) in [5, 5.41) is 3.26.